The lowest BCUT2D eigenvalue weighted by Gasteiger charge is -2.21. The normalized spacial score (nSPS) is 13.6. The van der Waals surface area contributed by atoms with Crippen molar-refractivity contribution < 1.29 is 9.90 Å². The van der Waals surface area contributed by atoms with Crippen LogP contribution in [-0.4, -0.2) is 9.76 Å². The third kappa shape index (κ3) is 8.41. The molecule has 0 aliphatic rings. The number of hydrogen-bond acceptors (Lipinski definition) is 2. The summed E-state index contributed by atoms with van der Waals surface area (Å²) in [4.78, 5) is 10.3. The van der Waals surface area contributed by atoms with E-state index in [1.807, 2.05) is 0 Å². The smallest absolute Gasteiger partial charge is 0.209 e. The third-order valence-electron chi connectivity index (χ3n) is 1.32. The molecule has 0 aliphatic heterocycles. The number of carbonyl (C=O) groups is 1. The Bertz CT molecular complexity index is 216. The topological polar surface area (TPSA) is 40.1 Å². The average Bonchev–Trinajstić information content (AvgIpc) is 1.79. The summed E-state index contributed by atoms with van der Waals surface area (Å²) in [6.07, 6.45) is 2.78. The summed E-state index contributed by atoms with van der Waals surface area (Å²) in [7, 11) is 0. The second-order valence-electron chi connectivity index (χ2n) is 3.41. The molecule has 13 heavy (non-hydrogen) atoms. The second-order valence-corrected chi connectivity index (χ2v) is 5.78. The molecule has 0 bridgehead atoms. The monoisotopic (exact) mass is 243 g/mol. The van der Waals surface area contributed by atoms with Crippen molar-refractivity contribution in [2.24, 2.45) is 5.41 Å². The molecule has 0 amide bonds. The van der Waals surface area contributed by atoms with Crippen molar-refractivity contribution in [2.45, 2.75) is 24.1 Å². The molecule has 0 radical (unpaired) electrons. The number of halogens is 3. The molecule has 0 rings (SSSR count). The van der Waals surface area contributed by atoms with Gasteiger partial charge >= 0.3 is 0 Å². The number of rotatable bonds is 3. The van der Waals surface area contributed by atoms with Gasteiger partial charge in [-0.25, -0.2) is 0 Å². The van der Waals surface area contributed by atoms with Crippen molar-refractivity contribution in [2.75, 3.05) is 0 Å². The van der Waals surface area contributed by atoms with Gasteiger partial charge in [-0.15, -0.1) is 0 Å². The summed E-state index contributed by atoms with van der Waals surface area (Å²) in [6, 6.07) is 0. The highest BCUT2D eigenvalue weighted by molar-refractivity contribution is 6.68. The predicted molar refractivity (Wildman–Crippen MR) is 52.8 cm³/mol. The largest absolute Gasteiger partial charge is 0.550 e. The fraction of sp³-hybridized carbons (Fsp3) is 0.625. The van der Waals surface area contributed by atoms with E-state index in [0.29, 0.717) is 0 Å². The molecule has 76 valence electrons. The van der Waals surface area contributed by atoms with Crippen LogP contribution in [0.5, 0.6) is 0 Å². The minimum Gasteiger partial charge on any atom is -0.550 e. The summed E-state index contributed by atoms with van der Waals surface area (Å²) >= 11 is 16.4. The Morgan fingerprint density at radius 3 is 2.08 bits per heavy atom. The molecule has 0 saturated carbocycles. The molecular weight excluding hydrogens is 234 g/mol. The first-order valence-electron chi connectivity index (χ1n) is 3.59. The highest BCUT2D eigenvalue weighted by atomic mass is 35.6. The van der Waals surface area contributed by atoms with Crippen LogP contribution in [0.1, 0.15) is 20.3 Å². The molecule has 0 spiro atoms. The molecule has 0 N–H and O–H groups in total. The van der Waals surface area contributed by atoms with E-state index in [0.717, 1.165) is 0 Å². The molecule has 2 nitrogen and oxygen atoms in total. The molecule has 0 saturated heterocycles. The molecule has 0 unspecified atom stereocenters. The number of hydrogen-bond donors (Lipinski definition) is 0. The quantitative estimate of drug-likeness (QED) is 0.563. The first-order chi connectivity index (χ1) is 5.62. The van der Waals surface area contributed by atoms with E-state index in [1.54, 1.807) is 19.9 Å². The van der Waals surface area contributed by atoms with Crippen molar-refractivity contribution in [3.05, 3.63) is 12.2 Å². The van der Waals surface area contributed by atoms with Crippen molar-refractivity contribution in [1.29, 1.82) is 0 Å². The molecule has 0 heterocycles. The first-order valence-corrected chi connectivity index (χ1v) is 4.73. The molecule has 0 fully saturated rings. The van der Waals surface area contributed by atoms with Crippen molar-refractivity contribution in [3.63, 3.8) is 0 Å². The Kier molecular flexibility index (Phi) is 4.56. The number of carboxylic acids is 1. The summed E-state index contributed by atoms with van der Waals surface area (Å²) < 4.78 is -1.48. The van der Waals surface area contributed by atoms with Crippen LogP contribution >= 0.6 is 34.8 Å². The second kappa shape index (κ2) is 4.54. The zero-order chi connectivity index (χ0) is 10.7. The van der Waals surface area contributed by atoms with E-state index < -0.39 is 15.2 Å². The first kappa shape index (κ1) is 13.1. The fourth-order valence-electron chi connectivity index (χ4n) is 0.751. The highest BCUT2D eigenvalue weighted by Gasteiger charge is 2.19. The number of aliphatic carboxylic acids is 1. The van der Waals surface area contributed by atoms with E-state index in [4.69, 9.17) is 34.8 Å². The Morgan fingerprint density at radius 1 is 1.31 bits per heavy atom. The maximum absolute atomic E-state index is 10.3. The van der Waals surface area contributed by atoms with E-state index in [2.05, 4.69) is 0 Å². The Labute approximate surface area is 92.5 Å². The average molecular weight is 245 g/mol. The zero-order valence-corrected chi connectivity index (χ0v) is 9.58. The number of carbonyl (C=O) groups excluding carboxylic acids is 1. The van der Waals surface area contributed by atoms with Crippen LogP contribution < -0.4 is 5.11 Å². The van der Waals surface area contributed by atoms with Crippen LogP contribution in [0.4, 0.5) is 0 Å². The summed E-state index contributed by atoms with van der Waals surface area (Å²) in [5, 5.41) is 10.3. The molecule has 0 aromatic rings. The van der Waals surface area contributed by atoms with Crippen LogP contribution in [0.2, 0.25) is 0 Å². The lowest BCUT2D eigenvalue weighted by Crippen LogP contribution is -2.28. The third-order valence-corrected chi connectivity index (χ3v) is 1.70. The minimum absolute atomic E-state index is 0.107. The van der Waals surface area contributed by atoms with Gasteiger partial charge in [0.25, 0.3) is 0 Å². The Hall–Kier alpha value is 0.0800. The predicted octanol–water partition coefficient (Wildman–Crippen LogP) is 2.08. The van der Waals surface area contributed by atoms with Gasteiger partial charge in [-0.05, 0) is 17.9 Å². The maximum Gasteiger partial charge on any atom is 0.209 e. The van der Waals surface area contributed by atoms with Crippen LogP contribution in [0, 0.1) is 5.41 Å². The molecule has 0 aromatic carbocycles. The Morgan fingerprint density at radius 2 is 1.77 bits per heavy atom. The highest BCUT2D eigenvalue weighted by Crippen LogP contribution is 2.31. The molecular formula is C8H10Cl3O2-. The number of allylic oxidation sites excluding steroid dienone is 2. The fourth-order valence-corrected chi connectivity index (χ4v) is 0.940. The van der Waals surface area contributed by atoms with Gasteiger partial charge < -0.3 is 9.90 Å². The van der Waals surface area contributed by atoms with Crippen molar-refractivity contribution in [3.8, 4) is 0 Å². The molecule has 0 atom stereocenters. The lowest BCUT2D eigenvalue weighted by atomic mass is 9.89. The van der Waals surface area contributed by atoms with Gasteiger partial charge in [0.15, 0.2) is 0 Å². The van der Waals surface area contributed by atoms with Crippen LogP contribution in [0.3, 0.4) is 0 Å². The maximum atomic E-state index is 10.3. The van der Waals surface area contributed by atoms with Gasteiger partial charge in [0.2, 0.25) is 3.79 Å². The zero-order valence-electron chi connectivity index (χ0n) is 7.31. The van der Waals surface area contributed by atoms with E-state index in [9.17, 15) is 9.90 Å². The SMILES string of the molecule is CC(C)(/C=C/C(Cl)(Cl)Cl)CC(=O)[O-]. The summed E-state index contributed by atoms with van der Waals surface area (Å²) in [5.74, 6) is -1.13. The number of carboxylic acid groups (broad SMARTS) is 1. The standard InChI is InChI=1S/C8H11Cl3O2/c1-7(2,5-6(12)13)3-4-8(9,10)11/h3-4H,5H2,1-2H3,(H,12,13)/p-1/b4-3+. The minimum atomic E-state index is -1.48. The van der Waals surface area contributed by atoms with Gasteiger partial charge in [-0.1, -0.05) is 54.7 Å². The van der Waals surface area contributed by atoms with E-state index >= 15 is 0 Å². The number of alkyl halides is 3. The molecule has 0 aliphatic carbocycles. The summed E-state index contributed by atoms with van der Waals surface area (Å²) in [6.45, 7) is 3.44. The van der Waals surface area contributed by atoms with Gasteiger partial charge in [0, 0.05) is 5.97 Å². The lowest BCUT2D eigenvalue weighted by molar-refractivity contribution is -0.307. The van der Waals surface area contributed by atoms with Gasteiger partial charge in [-0.3, -0.25) is 0 Å². The van der Waals surface area contributed by atoms with Gasteiger partial charge in [0.1, 0.15) is 0 Å². The van der Waals surface area contributed by atoms with Crippen molar-refractivity contribution >= 4 is 40.8 Å². The van der Waals surface area contributed by atoms with Crippen LogP contribution in [0.25, 0.3) is 0 Å². The van der Waals surface area contributed by atoms with Gasteiger partial charge in [0.05, 0.1) is 0 Å². The van der Waals surface area contributed by atoms with Crippen molar-refractivity contribution in [1.82, 2.24) is 0 Å². The summed E-state index contributed by atoms with van der Waals surface area (Å²) in [5.41, 5.74) is -0.567. The Balaban J connectivity index is 4.33. The van der Waals surface area contributed by atoms with Gasteiger partial charge in [-0.2, -0.15) is 0 Å². The van der Waals surface area contributed by atoms with E-state index in [1.165, 1.54) is 6.08 Å². The molecule has 5 heteroatoms. The van der Waals surface area contributed by atoms with E-state index in [-0.39, 0.29) is 6.42 Å². The van der Waals surface area contributed by atoms with Crippen LogP contribution in [-0.2, 0) is 4.79 Å². The molecule has 0 aromatic heterocycles. The van der Waals surface area contributed by atoms with Crippen LogP contribution in [0.15, 0.2) is 12.2 Å².